The van der Waals surface area contributed by atoms with Gasteiger partial charge in [0.2, 0.25) is 0 Å². The van der Waals surface area contributed by atoms with Crippen LogP contribution in [-0.2, 0) is 27.1 Å². The van der Waals surface area contributed by atoms with Crippen molar-refractivity contribution in [2.75, 3.05) is 4.90 Å². The zero-order valence-electron chi connectivity index (χ0n) is 53.3. The number of hydrogen-bond acceptors (Lipinski definition) is 1. The maximum absolute atomic E-state index is 2.64. The van der Waals surface area contributed by atoms with Gasteiger partial charge in [0.25, 0.3) is 0 Å². The van der Waals surface area contributed by atoms with Crippen LogP contribution in [0.2, 0.25) is 0 Å². The first kappa shape index (κ1) is 56.4. The third-order valence-electron chi connectivity index (χ3n) is 18.2. The number of para-hydroxylation sites is 2. The second-order valence-electron chi connectivity index (χ2n) is 29.6. The molecule has 0 aliphatic carbocycles. The molecule has 0 atom stereocenters. The Labute approximate surface area is 511 Å². The number of fused-ring (bicyclic) bond motifs is 3. The van der Waals surface area contributed by atoms with Crippen molar-refractivity contribution in [2.24, 2.45) is 0 Å². The van der Waals surface area contributed by atoms with Crippen molar-refractivity contribution in [1.82, 2.24) is 4.57 Å². The summed E-state index contributed by atoms with van der Waals surface area (Å²) < 4.78 is 2.49. The van der Waals surface area contributed by atoms with Crippen LogP contribution in [0.5, 0.6) is 0 Å². The third-order valence-corrected chi connectivity index (χ3v) is 18.2. The molecule has 0 bridgehead atoms. The van der Waals surface area contributed by atoms with Crippen LogP contribution < -0.4 is 4.90 Å². The monoisotopic (exact) mass is 1120 g/mol. The van der Waals surface area contributed by atoms with E-state index < -0.39 is 0 Å². The van der Waals surface area contributed by atoms with Gasteiger partial charge < -0.3 is 9.47 Å². The first-order chi connectivity index (χ1) is 40.8. The molecule has 0 N–H and O–H groups in total. The third kappa shape index (κ3) is 10.2. The van der Waals surface area contributed by atoms with E-state index in [2.05, 4.69) is 338 Å². The van der Waals surface area contributed by atoms with Gasteiger partial charge in [0.15, 0.2) is 0 Å². The summed E-state index contributed by atoms with van der Waals surface area (Å²) in [4.78, 5) is 2.64. The highest BCUT2D eigenvalue weighted by Crippen LogP contribution is 2.51. The maximum Gasteiger partial charge on any atom is 0.0543 e. The van der Waals surface area contributed by atoms with Gasteiger partial charge in [0.1, 0.15) is 0 Å². The molecule has 0 fully saturated rings. The van der Waals surface area contributed by atoms with E-state index >= 15 is 0 Å². The first-order valence-corrected chi connectivity index (χ1v) is 31.1. The molecule has 12 aromatic carbocycles. The molecule has 428 valence electrons. The van der Waals surface area contributed by atoms with E-state index in [0.717, 1.165) is 28.2 Å². The van der Waals surface area contributed by atoms with E-state index in [1.807, 2.05) is 0 Å². The zero-order valence-corrected chi connectivity index (χ0v) is 53.3. The highest BCUT2D eigenvalue weighted by Gasteiger charge is 2.29. The minimum Gasteiger partial charge on any atom is -0.309 e. The van der Waals surface area contributed by atoms with E-state index in [4.69, 9.17) is 0 Å². The van der Waals surface area contributed by atoms with Crippen molar-refractivity contribution in [3.8, 4) is 50.2 Å². The van der Waals surface area contributed by atoms with Crippen LogP contribution in [0.25, 0.3) is 104 Å². The Morgan fingerprint density at radius 1 is 0.267 bits per heavy atom. The second-order valence-corrected chi connectivity index (χ2v) is 29.6. The highest BCUT2D eigenvalue weighted by molar-refractivity contribution is 6.28. The Morgan fingerprint density at radius 3 is 1.23 bits per heavy atom. The Bertz CT molecular complexity index is 4550. The molecule has 0 saturated carbocycles. The first-order valence-electron chi connectivity index (χ1n) is 31.1. The molecule has 0 unspecified atom stereocenters. The summed E-state index contributed by atoms with van der Waals surface area (Å²) in [5, 5.41) is 9.94. The summed E-state index contributed by atoms with van der Waals surface area (Å²) in [5.74, 6) is 0. The van der Waals surface area contributed by atoms with Gasteiger partial charge in [-0.25, -0.2) is 0 Å². The molecule has 2 nitrogen and oxygen atoms in total. The fraction of sp³-hybridized carbons (Fsp3) is 0.238. The molecule has 13 rings (SSSR count). The van der Waals surface area contributed by atoms with Crippen LogP contribution in [0, 0.1) is 0 Å². The van der Waals surface area contributed by atoms with E-state index in [1.54, 1.807) is 0 Å². The molecular weight excluding hydrogens is 1040 g/mol. The van der Waals surface area contributed by atoms with Gasteiger partial charge in [-0.15, -0.1) is 0 Å². The molecule has 86 heavy (non-hydrogen) atoms. The summed E-state index contributed by atoms with van der Waals surface area (Å²) in [6.45, 7) is 35.3. The summed E-state index contributed by atoms with van der Waals surface area (Å²) in [7, 11) is 0. The molecule has 13 aromatic rings. The predicted octanol–water partition coefficient (Wildman–Crippen LogP) is 24.3. The molecule has 0 spiro atoms. The van der Waals surface area contributed by atoms with Crippen molar-refractivity contribution in [2.45, 2.75) is 131 Å². The van der Waals surface area contributed by atoms with Gasteiger partial charge >= 0.3 is 0 Å². The van der Waals surface area contributed by atoms with Gasteiger partial charge in [0.05, 0.1) is 28.1 Å². The van der Waals surface area contributed by atoms with Crippen LogP contribution >= 0.6 is 0 Å². The van der Waals surface area contributed by atoms with Gasteiger partial charge in [-0.05, 0) is 170 Å². The van der Waals surface area contributed by atoms with Crippen molar-refractivity contribution < 1.29 is 0 Å². The summed E-state index contributed by atoms with van der Waals surface area (Å²) in [6, 6.07) is 86.3. The molecule has 0 aliphatic heterocycles. The molecule has 2 heteroatoms. The number of rotatable bonds is 8. The fourth-order valence-electron chi connectivity index (χ4n) is 13.1. The van der Waals surface area contributed by atoms with Crippen LogP contribution in [0.15, 0.2) is 224 Å². The molecule has 1 heterocycles. The molecule has 0 amide bonds. The van der Waals surface area contributed by atoms with Gasteiger partial charge in [-0.2, -0.15) is 0 Å². The van der Waals surface area contributed by atoms with Crippen molar-refractivity contribution >= 4 is 71.2 Å². The standard InChI is InChI=1S/C84H82N2/c1-80(2,3)62-36-39-68(57-27-23-26-56(42-57)53-24-17-16-18-25-53)77(52-62)85(75-40-34-54-33-38-72-76(41-35-55-32-37-71(75)78(54)79(55)72)86-73-30-21-19-28-69(73)70-29-20-22-31-74(70)86)67-48-58(60-44-63(81(4,5)6)50-64(45-60)82(7,8)9)43-59(49-67)61-46-65(83(10,11)12)51-66(47-61)84(13,14)15/h16-52H,1-15H3. The van der Waals surface area contributed by atoms with Crippen molar-refractivity contribution in [3.63, 3.8) is 0 Å². The summed E-state index contributed by atoms with van der Waals surface area (Å²) in [5.41, 5.74) is 22.6. The molecule has 0 radical (unpaired) electrons. The lowest BCUT2D eigenvalue weighted by Gasteiger charge is -2.33. The lowest BCUT2D eigenvalue weighted by atomic mass is 9.78. The molecule has 1 aromatic heterocycles. The minimum atomic E-state index is -0.156. The quantitative estimate of drug-likeness (QED) is 0.138. The van der Waals surface area contributed by atoms with Gasteiger partial charge in [0, 0.05) is 32.8 Å². The highest BCUT2D eigenvalue weighted by atomic mass is 15.1. The fourth-order valence-corrected chi connectivity index (χ4v) is 13.1. The van der Waals surface area contributed by atoms with Gasteiger partial charge in [-0.3, -0.25) is 0 Å². The van der Waals surface area contributed by atoms with E-state index in [0.29, 0.717) is 0 Å². The van der Waals surface area contributed by atoms with Crippen molar-refractivity contribution in [3.05, 3.63) is 252 Å². The SMILES string of the molecule is CC(C)(C)c1cc(-c2cc(-c3cc(C(C)(C)C)cc(C(C)(C)C)c3)cc(N(c3cc(C(C)(C)C)ccc3-c3cccc(-c4ccccc4)c3)c3ccc4ccc5c(-n6c7ccccc7c7ccccc76)ccc6ccc3c4c65)c2)cc(C(C)(C)C)c1. The van der Waals surface area contributed by atoms with E-state index in [1.165, 1.54) is 121 Å². The topological polar surface area (TPSA) is 8.17 Å². The average Bonchev–Trinajstić information content (AvgIpc) is 1.23. The number of nitrogens with zero attached hydrogens (tertiary/aromatic N) is 2. The van der Waals surface area contributed by atoms with Crippen LogP contribution in [0.3, 0.4) is 0 Å². The second kappa shape index (κ2) is 20.5. The average molecular weight is 1120 g/mol. The van der Waals surface area contributed by atoms with E-state index in [9.17, 15) is 0 Å². The molecular formula is C84H82N2. The van der Waals surface area contributed by atoms with Crippen molar-refractivity contribution in [1.29, 1.82) is 0 Å². The maximum atomic E-state index is 2.64. The minimum absolute atomic E-state index is 0.0785. The van der Waals surface area contributed by atoms with Gasteiger partial charge in [-0.1, -0.05) is 274 Å². The summed E-state index contributed by atoms with van der Waals surface area (Å²) in [6.07, 6.45) is 0. The Balaban J connectivity index is 1.17. The van der Waals surface area contributed by atoms with Crippen LogP contribution in [0.4, 0.5) is 17.1 Å². The Hall–Kier alpha value is -8.72. The number of benzene rings is 12. The Kier molecular flexibility index (Phi) is 13.4. The lowest BCUT2D eigenvalue weighted by molar-refractivity contribution is 0.568. The molecule has 0 saturated heterocycles. The number of anilines is 3. The number of hydrogen-bond donors (Lipinski definition) is 0. The van der Waals surface area contributed by atoms with E-state index in [-0.39, 0.29) is 27.1 Å². The molecule has 0 aliphatic rings. The zero-order chi connectivity index (χ0) is 60.4. The largest absolute Gasteiger partial charge is 0.309 e. The van der Waals surface area contributed by atoms with Crippen LogP contribution in [-0.4, -0.2) is 4.57 Å². The number of aromatic nitrogens is 1. The van der Waals surface area contributed by atoms with Crippen LogP contribution in [0.1, 0.15) is 132 Å². The lowest BCUT2D eigenvalue weighted by Crippen LogP contribution is -2.17. The normalized spacial score (nSPS) is 12.8. The predicted molar refractivity (Wildman–Crippen MR) is 374 cm³/mol. The smallest absolute Gasteiger partial charge is 0.0543 e. The Morgan fingerprint density at radius 2 is 0.698 bits per heavy atom. The summed E-state index contributed by atoms with van der Waals surface area (Å²) >= 11 is 0.